The number of aryl methyl sites for hydroxylation is 1. The average Bonchev–Trinajstić information content (AvgIpc) is 3.31. The highest BCUT2D eigenvalue weighted by atomic mass is 19.3. The molecule has 1 amide bonds. The van der Waals surface area contributed by atoms with Crippen LogP contribution in [0, 0.1) is 6.92 Å². The summed E-state index contributed by atoms with van der Waals surface area (Å²) in [6, 6.07) is 12.9. The van der Waals surface area contributed by atoms with E-state index in [0.29, 0.717) is 17.1 Å². The highest BCUT2D eigenvalue weighted by Gasteiger charge is 2.22. The molecular formula is C20H16F4N6O. The van der Waals surface area contributed by atoms with E-state index in [-0.39, 0.29) is 17.2 Å². The third-order valence-electron chi connectivity index (χ3n) is 4.55. The lowest BCUT2D eigenvalue weighted by Gasteiger charge is -2.06. The first kappa shape index (κ1) is 20.5. The lowest BCUT2D eigenvalue weighted by molar-refractivity contribution is 0.102. The topological polar surface area (TPSA) is 77.1 Å². The van der Waals surface area contributed by atoms with Gasteiger partial charge in [-0.1, -0.05) is 30.3 Å². The van der Waals surface area contributed by atoms with E-state index >= 15 is 0 Å². The number of carbonyl (C=O) groups excluding carboxylic acids is 1. The second kappa shape index (κ2) is 8.17. The van der Waals surface area contributed by atoms with Gasteiger partial charge in [0.1, 0.15) is 11.4 Å². The molecule has 1 aromatic carbocycles. The van der Waals surface area contributed by atoms with E-state index in [4.69, 9.17) is 0 Å². The summed E-state index contributed by atoms with van der Waals surface area (Å²) >= 11 is 0. The highest BCUT2D eigenvalue weighted by Crippen LogP contribution is 2.25. The molecule has 4 aromatic rings. The Labute approximate surface area is 173 Å². The van der Waals surface area contributed by atoms with Crippen molar-refractivity contribution in [2.45, 2.75) is 26.3 Å². The van der Waals surface area contributed by atoms with Gasteiger partial charge in [0.2, 0.25) is 0 Å². The van der Waals surface area contributed by atoms with Crippen molar-refractivity contribution in [3.05, 3.63) is 76.9 Å². The van der Waals surface area contributed by atoms with Crippen molar-refractivity contribution in [1.82, 2.24) is 24.4 Å². The summed E-state index contributed by atoms with van der Waals surface area (Å²) in [5.74, 6) is -0.487. The fraction of sp³-hybridized carbons (Fsp3) is 0.200. The van der Waals surface area contributed by atoms with Crippen LogP contribution in [-0.4, -0.2) is 30.3 Å². The quantitative estimate of drug-likeness (QED) is 0.458. The van der Waals surface area contributed by atoms with Gasteiger partial charge in [-0.15, -0.1) is 0 Å². The van der Waals surface area contributed by atoms with Crippen molar-refractivity contribution < 1.29 is 22.4 Å². The first-order valence-electron chi connectivity index (χ1n) is 9.18. The molecule has 4 rings (SSSR count). The lowest BCUT2D eigenvalue weighted by atomic mass is 10.2. The second-order valence-electron chi connectivity index (χ2n) is 6.78. The molecule has 1 N–H and O–H groups in total. The Morgan fingerprint density at radius 3 is 2.45 bits per heavy atom. The van der Waals surface area contributed by atoms with Gasteiger partial charge in [-0.25, -0.2) is 27.1 Å². The molecule has 0 radical (unpaired) electrons. The molecule has 0 unspecified atom stereocenters. The number of hydrogen-bond acceptors (Lipinski definition) is 4. The lowest BCUT2D eigenvalue weighted by Crippen LogP contribution is -2.14. The summed E-state index contributed by atoms with van der Waals surface area (Å²) in [5, 5.41) is 10.7. The Hall–Kier alpha value is -3.76. The van der Waals surface area contributed by atoms with Crippen LogP contribution >= 0.6 is 0 Å². The molecular weight excluding hydrogens is 416 g/mol. The smallest absolute Gasteiger partial charge is 0.280 e. The van der Waals surface area contributed by atoms with Gasteiger partial charge >= 0.3 is 0 Å². The SMILES string of the molecule is Cc1cc(NC(=O)c2cc3nc(C(F)F)cc(C(F)F)n3n2)nn1Cc1ccccc1. The molecule has 7 nitrogen and oxygen atoms in total. The molecule has 0 bridgehead atoms. The van der Waals surface area contributed by atoms with Gasteiger partial charge in [0.25, 0.3) is 18.8 Å². The fourth-order valence-electron chi connectivity index (χ4n) is 3.06. The number of nitrogens with zero attached hydrogens (tertiary/aromatic N) is 5. The van der Waals surface area contributed by atoms with Crippen LogP contribution in [0.25, 0.3) is 5.65 Å². The summed E-state index contributed by atoms with van der Waals surface area (Å²) in [4.78, 5) is 16.2. The Bertz CT molecular complexity index is 1240. The third-order valence-corrected chi connectivity index (χ3v) is 4.55. The number of hydrogen-bond donors (Lipinski definition) is 1. The normalized spacial score (nSPS) is 11.6. The number of amides is 1. The number of benzene rings is 1. The van der Waals surface area contributed by atoms with Gasteiger partial charge < -0.3 is 5.32 Å². The predicted molar refractivity (Wildman–Crippen MR) is 103 cm³/mol. The number of alkyl halides is 4. The molecule has 3 heterocycles. The molecule has 0 saturated heterocycles. The number of fused-ring (bicyclic) bond motifs is 1. The zero-order chi connectivity index (χ0) is 22.1. The minimum Gasteiger partial charge on any atom is -0.304 e. The van der Waals surface area contributed by atoms with Gasteiger partial charge in [0.05, 0.1) is 6.54 Å². The molecule has 0 saturated carbocycles. The zero-order valence-electron chi connectivity index (χ0n) is 16.1. The fourth-order valence-corrected chi connectivity index (χ4v) is 3.06. The maximum Gasteiger partial charge on any atom is 0.280 e. The molecule has 0 aliphatic heterocycles. The van der Waals surface area contributed by atoms with Crippen LogP contribution in [0.5, 0.6) is 0 Å². The molecule has 0 aliphatic rings. The Morgan fingerprint density at radius 1 is 1.03 bits per heavy atom. The minimum atomic E-state index is -3.07. The van der Waals surface area contributed by atoms with Crippen molar-refractivity contribution in [2.24, 2.45) is 0 Å². The molecule has 3 aromatic heterocycles. The van der Waals surface area contributed by atoms with Crippen molar-refractivity contribution in [1.29, 1.82) is 0 Å². The van der Waals surface area contributed by atoms with Crippen LogP contribution in [-0.2, 0) is 6.54 Å². The van der Waals surface area contributed by atoms with Crippen LogP contribution in [0.15, 0.2) is 48.5 Å². The van der Waals surface area contributed by atoms with Crippen molar-refractivity contribution >= 4 is 17.4 Å². The minimum absolute atomic E-state index is 0.241. The predicted octanol–water partition coefficient (Wildman–Crippen LogP) is 4.41. The summed E-state index contributed by atoms with van der Waals surface area (Å²) in [5.41, 5.74) is -0.308. The summed E-state index contributed by atoms with van der Waals surface area (Å²) in [7, 11) is 0. The summed E-state index contributed by atoms with van der Waals surface area (Å²) < 4.78 is 54.9. The van der Waals surface area contributed by atoms with E-state index in [0.717, 1.165) is 17.3 Å². The monoisotopic (exact) mass is 432 g/mol. The summed E-state index contributed by atoms with van der Waals surface area (Å²) in [6.45, 7) is 2.32. The standard InChI is InChI=1S/C20H16F4N6O/c1-11-7-16(28-29(11)10-12-5-3-2-4-6-12)26-20(31)14-9-17-25-13(18(21)22)8-15(19(23)24)30(17)27-14/h2-9,18-19H,10H2,1H3,(H,26,28,31). The highest BCUT2D eigenvalue weighted by molar-refractivity contribution is 6.03. The largest absolute Gasteiger partial charge is 0.304 e. The molecule has 0 aliphatic carbocycles. The average molecular weight is 432 g/mol. The first-order chi connectivity index (χ1) is 14.8. The van der Waals surface area contributed by atoms with Crippen LogP contribution in [0.1, 0.15) is 46.0 Å². The molecule has 11 heteroatoms. The summed E-state index contributed by atoms with van der Waals surface area (Å²) in [6.07, 6.45) is -6.11. The van der Waals surface area contributed by atoms with Gasteiger partial charge in [0, 0.05) is 17.8 Å². The number of carbonyl (C=O) groups is 1. The van der Waals surface area contributed by atoms with Crippen LogP contribution in [0.3, 0.4) is 0 Å². The van der Waals surface area contributed by atoms with Crippen LogP contribution in [0.2, 0.25) is 0 Å². The van der Waals surface area contributed by atoms with Gasteiger partial charge in [-0.3, -0.25) is 9.48 Å². The van der Waals surface area contributed by atoms with Crippen molar-refractivity contribution in [2.75, 3.05) is 5.32 Å². The third kappa shape index (κ3) is 4.25. The van der Waals surface area contributed by atoms with Gasteiger partial charge in [0.15, 0.2) is 17.2 Å². The van der Waals surface area contributed by atoms with Crippen LogP contribution in [0.4, 0.5) is 23.4 Å². The van der Waals surface area contributed by atoms with E-state index in [2.05, 4.69) is 20.5 Å². The molecule has 0 atom stereocenters. The van der Waals surface area contributed by atoms with Gasteiger partial charge in [-0.2, -0.15) is 10.2 Å². The number of rotatable bonds is 6. The molecule has 31 heavy (non-hydrogen) atoms. The number of anilines is 1. The van der Waals surface area contributed by atoms with E-state index in [1.165, 1.54) is 0 Å². The Balaban J connectivity index is 1.59. The maximum atomic E-state index is 13.3. The van der Waals surface area contributed by atoms with E-state index in [1.54, 1.807) is 10.7 Å². The molecule has 0 fully saturated rings. The van der Waals surface area contributed by atoms with Crippen LogP contribution < -0.4 is 5.32 Å². The number of aromatic nitrogens is 5. The zero-order valence-corrected chi connectivity index (χ0v) is 16.1. The molecule has 160 valence electrons. The Morgan fingerprint density at radius 2 is 1.77 bits per heavy atom. The first-order valence-corrected chi connectivity index (χ1v) is 9.18. The maximum absolute atomic E-state index is 13.3. The second-order valence-corrected chi connectivity index (χ2v) is 6.78. The van der Waals surface area contributed by atoms with Crippen molar-refractivity contribution in [3.8, 4) is 0 Å². The Kier molecular flexibility index (Phi) is 5.40. The number of halogens is 4. The van der Waals surface area contributed by atoms with Crippen molar-refractivity contribution in [3.63, 3.8) is 0 Å². The molecule has 0 spiro atoms. The van der Waals surface area contributed by atoms with E-state index < -0.39 is 30.1 Å². The van der Waals surface area contributed by atoms with Gasteiger partial charge in [-0.05, 0) is 18.6 Å². The number of nitrogens with one attached hydrogen (secondary N) is 1. The van der Waals surface area contributed by atoms with E-state index in [1.807, 2.05) is 37.3 Å². The van der Waals surface area contributed by atoms with E-state index in [9.17, 15) is 22.4 Å².